The van der Waals surface area contributed by atoms with Crippen LogP contribution < -0.4 is 10.1 Å². The highest BCUT2D eigenvalue weighted by atomic mass is 19.3. The van der Waals surface area contributed by atoms with Crippen LogP contribution in [0, 0.1) is 13.8 Å². The number of aromatic nitrogens is 1. The van der Waals surface area contributed by atoms with Crippen LogP contribution in [0.1, 0.15) is 32.1 Å². The van der Waals surface area contributed by atoms with Gasteiger partial charge in [-0.1, -0.05) is 6.07 Å². The second-order valence-electron chi connectivity index (χ2n) is 5.61. The van der Waals surface area contributed by atoms with Gasteiger partial charge in [0.15, 0.2) is 0 Å². The molecule has 0 aliphatic rings. The molecule has 0 aliphatic heterocycles. The maximum atomic E-state index is 12.5. The molecule has 0 saturated heterocycles. The second-order valence-corrected chi connectivity index (χ2v) is 5.61. The van der Waals surface area contributed by atoms with Gasteiger partial charge in [0.05, 0.1) is 12.2 Å². The van der Waals surface area contributed by atoms with Crippen molar-refractivity contribution in [3.05, 3.63) is 46.8 Å². The van der Waals surface area contributed by atoms with Crippen LogP contribution in [0.5, 0.6) is 5.75 Å². The summed E-state index contributed by atoms with van der Waals surface area (Å²) >= 11 is 0. The highest BCUT2D eigenvalue weighted by molar-refractivity contribution is 6.06. The summed E-state index contributed by atoms with van der Waals surface area (Å²) in [5, 5.41) is 2.58. The van der Waals surface area contributed by atoms with E-state index >= 15 is 0 Å². The van der Waals surface area contributed by atoms with Crippen molar-refractivity contribution in [2.24, 2.45) is 0 Å². The lowest BCUT2D eigenvalue weighted by Crippen LogP contribution is -2.15. The number of aryl methyl sites for hydroxylation is 1. The first-order valence-corrected chi connectivity index (χ1v) is 8.05. The van der Waals surface area contributed by atoms with Crippen molar-refractivity contribution in [1.29, 1.82) is 0 Å². The van der Waals surface area contributed by atoms with E-state index in [4.69, 9.17) is 9.47 Å². The molecule has 0 fully saturated rings. The lowest BCUT2D eigenvalue weighted by molar-refractivity contribution is -0.0498. The van der Waals surface area contributed by atoms with Gasteiger partial charge in [-0.05, 0) is 31.5 Å². The number of halogens is 2. The summed E-state index contributed by atoms with van der Waals surface area (Å²) in [5.74, 6) is -1.17. The zero-order valence-electron chi connectivity index (χ0n) is 15.1. The van der Waals surface area contributed by atoms with Gasteiger partial charge in [0.25, 0.3) is 5.91 Å². The van der Waals surface area contributed by atoms with Gasteiger partial charge in [0.1, 0.15) is 18.1 Å². The van der Waals surface area contributed by atoms with Crippen molar-refractivity contribution in [2.75, 3.05) is 25.6 Å². The predicted octanol–water partition coefficient (Wildman–Crippen LogP) is 3.29. The number of aromatic amines is 1. The molecule has 0 unspecified atom stereocenters. The van der Waals surface area contributed by atoms with Crippen LogP contribution in [0.25, 0.3) is 0 Å². The number of esters is 1. The van der Waals surface area contributed by atoms with Crippen molar-refractivity contribution in [2.45, 2.75) is 20.5 Å². The number of carbonyl (C=O) groups excluding carboxylic acids is 2. The molecule has 2 aromatic rings. The molecule has 1 aromatic heterocycles. The van der Waals surface area contributed by atoms with Crippen LogP contribution in [0.3, 0.4) is 0 Å². The first-order valence-electron chi connectivity index (χ1n) is 8.05. The maximum absolute atomic E-state index is 12.5. The number of rotatable bonds is 8. The zero-order chi connectivity index (χ0) is 20.0. The normalized spacial score (nSPS) is 10.7. The second kappa shape index (κ2) is 9.13. The lowest BCUT2D eigenvalue weighted by atomic mass is 10.1. The van der Waals surface area contributed by atoms with Crippen molar-refractivity contribution in [3.8, 4) is 5.75 Å². The molecule has 0 saturated carbocycles. The Morgan fingerprint density at radius 1 is 1.22 bits per heavy atom. The van der Waals surface area contributed by atoms with E-state index < -0.39 is 18.5 Å². The Labute approximate surface area is 154 Å². The molecule has 0 radical (unpaired) electrons. The van der Waals surface area contributed by atoms with Crippen molar-refractivity contribution in [1.82, 2.24) is 4.98 Å². The largest absolute Gasteiger partial charge is 0.460 e. The van der Waals surface area contributed by atoms with Gasteiger partial charge in [-0.3, -0.25) is 4.79 Å². The van der Waals surface area contributed by atoms with Gasteiger partial charge in [-0.25, -0.2) is 4.79 Å². The minimum atomic E-state index is -2.96. The molecule has 1 heterocycles. The third-order valence-electron chi connectivity index (χ3n) is 3.71. The fraction of sp³-hybridized carbons (Fsp3) is 0.333. The number of methoxy groups -OCH3 is 1. The molecule has 9 heteroatoms. The Morgan fingerprint density at radius 3 is 2.63 bits per heavy atom. The standard InChI is InChI=1S/C18H20F2N2O5/c1-10-14(17(24)26-8-7-25-3)11(2)21-15(10)16(23)22-12-5-4-6-13(9-12)27-18(19)20/h4-6,9,18,21H,7-8H2,1-3H3,(H,22,23). The molecule has 1 amide bonds. The van der Waals surface area contributed by atoms with Crippen molar-refractivity contribution >= 4 is 17.6 Å². The van der Waals surface area contributed by atoms with Gasteiger partial charge >= 0.3 is 12.6 Å². The topological polar surface area (TPSA) is 89.7 Å². The lowest BCUT2D eigenvalue weighted by Gasteiger charge is -2.08. The molecule has 0 bridgehead atoms. The van der Waals surface area contributed by atoms with E-state index in [0.29, 0.717) is 11.3 Å². The van der Waals surface area contributed by atoms with E-state index in [1.807, 2.05) is 0 Å². The molecule has 0 aliphatic carbocycles. The minimum absolute atomic E-state index is 0.0791. The number of benzene rings is 1. The first kappa shape index (κ1) is 20.4. The van der Waals surface area contributed by atoms with Gasteiger partial charge < -0.3 is 24.5 Å². The summed E-state index contributed by atoms with van der Waals surface area (Å²) in [6.07, 6.45) is 0. The zero-order valence-corrected chi connectivity index (χ0v) is 15.1. The van der Waals surface area contributed by atoms with Gasteiger partial charge in [-0.2, -0.15) is 8.78 Å². The van der Waals surface area contributed by atoms with E-state index in [-0.39, 0.29) is 35.9 Å². The van der Waals surface area contributed by atoms with Crippen LogP contribution in [0.15, 0.2) is 24.3 Å². The smallest absolute Gasteiger partial charge is 0.387 e. The van der Waals surface area contributed by atoms with Crippen LogP contribution in [-0.4, -0.2) is 43.8 Å². The number of nitrogens with one attached hydrogen (secondary N) is 2. The average molecular weight is 382 g/mol. The van der Waals surface area contributed by atoms with E-state index in [1.165, 1.54) is 31.4 Å². The van der Waals surface area contributed by atoms with E-state index in [2.05, 4.69) is 15.0 Å². The summed E-state index contributed by atoms with van der Waals surface area (Å²) in [7, 11) is 1.49. The number of carbonyl (C=O) groups is 2. The highest BCUT2D eigenvalue weighted by Crippen LogP contribution is 2.22. The molecule has 0 spiro atoms. The molecule has 146 valence electrons. The van der Waals surface area contributed by atoms with E-state index in [0.717, 1.165) is 0 Å². The van der Waals surface area contributed by atoms with Crippen molar-refractivity contribution in [3.63, 3.8) is 0 Å². The van der Waals surface area contributed by atoms with Crippen LogP contribution in [0.2, 0.25) is 0 Å². The number of hydrogen-bond donors (Lipinski definition) is 2. The highest BCUT2D eigenvalue weighted by Gasteiger charge is 2.23. The number of amides is 1. The monoisotopic (exact) mass is 382 g/mol. The first-order chi connectivity index (χ1) is 12.8. The van der Waals surface area contributed by atoms with Crippen LogP contribution >= 0.6 is 0 Å². The predicted molar refractivity (Wildman–Crippen MR) is 93.5 cm³/mol. The number of anilines is 1. The SMILES string of the molecule is COCCOC(=O)c1c(C)[nH]c(C(=O)Nc2cccc(OC(F)F)c2)c1C. The summed E-state index contributed by atoms with van der Waals surface area (Å²) in [5.41, 5.74) is 1.62. The molecule has 0 atom stereocenters. The van der Waals surface area contributed by atoms with Gasteiger partial charge in [0.2, 0.25) is 0 Å². The van der Waals surface area contributed by atoms with Gasteiger partial charge in [0, 0.05) is 24.6 Å². The average Bonchev–Trinajstić information content (AvgIpc) is 2.89. The summed E-state index contributed by atoms with van der Waals surface area (Å²) in [6, 6.07) is 5.62. The number of hydrogen-bond acceptors (Lipinski definition) is 5. The molecular weight excluding hydrogens is 362 g/mol. The fourth-order valence-corrected chi connectivity index (χ4v) is 2.52. The Balaban J connectivity index is 2.15. The summed E-state index contributed by atoms with van der Waals surface area (Å²) in [6.45, 7) is 0.655. The Morgan fingerprint density at radius 2 is 1.96 bits per heavy atom. The molecule has 1 aromatic carbocycles. The van der Waals surface area contributed by atoms with Crippen molar-refractivity contribution < 1.29 is 32.6 Å². The Kier molecular flexibility index (Phi) is 6.89. The quantitative estimate of drug-likeness (QED) is 0.540. The molecule has 27 heavy (non-hydrogen) atoms. The molecule has 2 N–H and O–H groups in total. The third kappa shape index (κ3) is 5.27. The summed E-state index contributed by atoms with van der Waals surface area (Å²) < 4.78 is 38.8. The molecule has 2 rings (SSSR count). The van der Waals surface area contributed by atoms with E-state index in [1.54, 1.807) is 13.8 Å². The third-order valence-corrected chi connectivity index (χ3v) is 3.71. The number of alkyl halides is 2. The number of H-pyrrole nitrogens is 1. The van der Waals surface area contributed by atoms with Gasteiger partial charge in [-0.15, -0.1) is 0 Å². The fourth-order valence-electron chi connectivity index (χ4n) is 2.52. The van der Waals surface area contributed by atoms with Crippen LogP contribution in [0.4, 0.5) is 14.5 Å². The Hall–Kier alpha value is -2.94. The van der Waals surface area contributed by atoms with E-state index in [9.17, 15) is 18.4 Å². The Bertz CT molecular complexity index is 820. The van der Waals surface area contributed by atoms with Crippen LogP contribution in [-0.2, 0) is 9.47 Å². The number of ether oxygens (including phenoxy) is 3. The molecular formula is C18H20F2N2O5. The minimum Gasteiger partial charge on any atom is -0.460 e. The summed E-state index contributed by atoms with van der Waals surface area (Å²) in [4.78, 5) is 27.6. The molecule has 7 nitrogen and oxygen atoms in total. The maximum Gasteiger partial charge on any atom is 0.387 e.